The topological polar surface area (TPSA) is 77.3 Å². The van der Waals surface area contributed by atoms with Crippen LogP contribution in [-0.4, -0.2) is 13.3 Å². The summed E-state index contributed by atoms with van der Waals surface area (Å²) in [6.07, 6.45) is 0. The van der Waals surface area contributed by atoms with Gasteiger partial charge in [-0.15, -0.1) is 0 Å². The Morgan fingerprint density at radius 3 is 2.30 bits per heavy atom. The van der Waals surface area contributed by atoms with Gasteiger partial charge in [-0.3, -0.25) is 10.1 Å². The van der Waals surface area contributed by atoms with E-state index in [1.54, 1.807) is 18.2 Å². The molecule has 0 amide bonds. The SMILES string of the molecule is O=[N+]([O-])c1ccc(CS(=O)(=O)c2ccccc2)cc1Br. The van der Waals surface area contributed by atoms with E-state index in [-0.39, 0.29) is 20.8 Å². The second-order valence-corrected chi connectivity index (χ2v) is 6.96. The minimum atomic E-state index is -3.45. The quantitative estimate of drug-likeness (QED) is 0.622. The molecular formula is C13H10BrNO4S. The van der Waals surface area contributed by atoms with Crippen molar-refractivity contribution in [2.45, 2.75) is 10.6 Å². The second kappa shape index (κ2) is 5.72. The maximum atomic E-state index is 12.2. The Morgan fingerprint density at radius 1 is 1.10 bits per heavy atom. The summed E-state index contributed by atoms with van der Waals surface area (Å²) < 4.78 is 24.6. The van der Waals surface area contributed by atoms with Gasteiger partial charge in [-0.25, -0.2) is 8.42 Å². The highest BCUT2D eigenvalue weighted by Gasteiger charge is 2.17. The van der Waals surface area contributed by atoms with Gasteiger partial charge >= 0.3 is 0 Å². The molecule has 2 aromatic rings. The summed E-state index contributed by atoms with van der Waals surface area (Å²) in [5.41, 5.74) is 0.400. The summed E-state index contributed by atoms with van der Waals surface area (Å²) in [4.78, 5) is 10.4. The van der Waals surface area contributed by atoms with Crippen LogP contribution in [-0.2, 0) is 15.6 Å². The number of rotatable bonds is 4. The number of benzene rings is 2. The third kappa shape index (κ3) is 3.23. The average Bonchev–Trinajstić information content (AvgIpc) is 2.39. The van der Waals surface area contributed by atoms with E-state index >= 15 is 0 Å². The average molecular weight is 356 g/mol. The highest BCUT2D eigenvalue weighted by Crippen LogP contribution is 2.27. The zero-order valence-electron chi connectivity index (χ0n) is 10.2. The third-order valence-corrected chi connectivity index (χ3v) is 5.01. The zero-order valence-corrected chi connectivity index (χ0v) is 12.6. The predicted octanol–water partition coefficient (Wildman–Crippen LogP) is 3.33. The lowest BCUT2D eigenvalue weighted by Crippen LogP contribution is -2.05. The van der Waals surface area contributed by atoms with Gasteiger partial charge in [0.15, 0.2) is 9.84 Å². The van der Waals surface area contributed by atoms with E-state index in [2.05, 4.69) is 15.9 Å². The third-order valence-electron chi connectivity index (χ3n) is 2.67. The second-order valence-electron chi connectivity index (χ2n) is 4.12. The summed E-state index contributed by atoms with van der Waals surface area (Å²) in [6.45, 7) is 0. The molecule has 0 saturated carbocycles. The molecule has 0 saturated heterocycles. The number of sulfone groups is 1. The monoisotopic (exact) mass is 355 g/mol. The largest absolute Gasteiger partial charge is 0.283 e. The first-order valence-corrected chi connectivity index (χ1v) is 8.05. The Kier molecular flexibility index (Phi) is 4.20. The van der Waals surface area contributed by atoms with E-state index in [4.69, 9.17) is 0 Å². The molecule has 0 aliphatic rings. The number of halogens is 1. The van der Waals surface area contributed by atoms with Crippen molar-refractivity contribution >= 4 is 31.5 Å². The van der Waals surface area contributed by atoms with Crippen molar-refractivity contribution in [3.63, 3.8) is 0 Å². The van der Waals surface area contributed by atoms with E-state index in [9.17, 15) is 18.5 Å². The highest BCUT2D eigenvalue weighted by molar-refractivity contribution is 9.10. The number of hydrogen-bond donors (Lipinski definition) is 0. The van der Waals surface area contributed by atoms with E-state index < -0.39 is 14.8 Å². The highest BCUT2D eigenvalue weighted by atomic mass is 79.9. The molecule has 2 aromatic carbocycles. The molecule has 0 aromatic heterocycles. The van der Waals surface area contributed by atoms with Crippen molar-refractivity contribution in [1.29, 1.82) is 0 Å². The van der Waals surface area contributed by atoms with Crippen molar-refractivity contribution in [2.75, 3.05) is 0 Å². The summed E-state index contributed by atoms with van der Waals surface area (Å²) >= 11 is 3.08. The van der Waals surface area contributed by atoms with Crippen molar-refractivity contribution in [3.05, 3.63) is 68.7 Å². The van der Waals surface area contributed by atoms with Crippen molar-refractivity contribution in [2.24, 2.45) is 0 Å². The van der Waals surface area contributed by atoms with Crippen LogP contribution in [0.2, 0.25) is 0 Å². The summed E-state index contributed by atoms with van der Waals surface area (Å²) in [6, 6.07) is 12.3. The van der Waals surface area contributed by atoms with E-state index in [0.29, 0.717) is 5.56 Å². The Balaban J connectivity index is 2.31. The maximum Gasteiger partial charge on any atom is 0.283 e. The number of hydrogen-bond acceptors (Lipinski definition) is 4. The van der Waals surface area contributed by atoms with Crippen molar-refractivity contribution in [3.8, 4) is 0 Å². The maximum absolute atomic E-state index is 12.2. The van der Waals surface area contributed by atoms with Crippen LogP contribution in [0.25, 0.3) is 0 Å². The van der Waals surface area contributed by atoms with Crippen molar-refractivity contribution < 1.29 is 13.3 Å². The van der Waals surface area contributed by atoms with Gasteiger partial charge < -0.3 is 0 Å². The van der Waals surface area contributed by atoms with E-state index in [0.717, 1.165) is 0 Å². The van der Waals surface area contributed by atoms with Gasteiger partial charge in [-0.2, -0.15) is 0 Å². The first-order chi connectivity index (χ1) is 9.40. The van der Waals surface area contributed by atoms with Crippen LogP contribution in [0, 0.1) is 10.1 Å². The molecule has 104 valence electrons. The molecule has 0 radical (unpaired) electrons. The molecule has 0 unspecified atom stereocenters. The minimum absolute atomic E-state index is 0.0918. The number of nitro benzene ring substituents is 1. The fourth-order valence-electron chi connectivity index (χ4n) is 1.72. The summed E-state index contributed by atoms with van der Waals surface area (Å²) in [7, 11) is -3.45. The lowest BCUT2D eigenvalue weighted by Gasteiger charge is -2.05. The molecule has 0 fully saturated rings. The normalized spacial score (nSPS) is 11.2. The van der Waals surface area contributed by atoms with Gasteiger partial charge in [0.1, 0.15) is 0 Å². The Labute approximate surface area is 124 Å². The number of nitro groups is 1. The molecule has 0 aliphatic carbocycles. The summed E-state index contributed by atoms with van der Waals surface area (Å²) in [5, 5.41) is 10.7. The van der Waals surface area contributed by atoms with Crippen LogP contribution in [0.3, 0.4) is 0 Å². The molecule has 7 heteroatoms. The van der Waals surface area contributed by atoms with Gasteiger partial charge in [0.25, 0.3) is 5.69 Å². The zero-order chi connectivity index (χ0) is 14.8. The van der Waals surface area contributed by atoms with Crippen LogP contribution in [0.15, 0.2) is 57.9 Å². The van der Waals surface area contributed by atoms with Crippen LogP contribution < -0.4 is 0 Å². The Morgan fingerprint density at radius 2 is 1.75 bits per heavy atom. The van der Waals surface area contributed by atoms with Gasteiger partial charge in [-0.05, 0) is 39.7 Å². The molecular weight excluding hydrogens is 346 g/mol. The van der Waals surface area contributed by atoms with Crippen LogP contribution in [0.5, 0.6) is 0 Å². The molecule has 0 aliphatic heterocycles. The smallest absolute Gasteiger partial charge is 0.258 e. The number of nitrogens with zero attached hydrogens (tertiary/aromatic N) is 1. The van der Waals surface area contributed by atoms with Gasteiger partial charge in [-0.1, -0.05) is 24.3 Å². The van der Waals surface area contributed by atoms with E-state index in [1.807, 2.05) is 0 Å². The van der Waals surface area contributed by atoms with Gasteiger partial charge in [0, 0.05) is 6.07 Å². The molecule has 20 heavy (non-hydrogen) atoms. The Bertz CT molecular complexity index is 744. The molecule has 5 nitrogen and oxygen atoms in total. The summed E-state index contributed by atoms with van der Waals surface area (Å²) in [5.74, 6) is -0.201. The van der Waals surface area contributed by atoms with Crippen LogP contribution in [0.4, 0.5) is 5.69 Å². The first-order valence-electron chi connectivity index (χ1n) is 5.61. The molecule has 0 atom stereocenters. The van der Waals surface area contributed by atoms with Gasteiger partial charge in [0.2, 0.25) is 0 Å². The molecule has 0 N–H and O–H groups in total. The fourth-order valence-corrected chi connectivity index (χ4v) is 3.65. The fraction of sp³-hybridized carbons (Fsp3) is 0.0769. The molecule has 2 rings (SSSR count). The predicted molar refractivity (Wildman–Crippen MR) is 78.1 cm³/mol. The van der Waals surface area contributed by atoms with Crippen molar-refractivity contribution in [1.82, 2.24) is 0 Å². The van der Waals surface area contributed by atoms with Crippen LogP contribution >= 0.6 is 15.9 Å². The first kappa shape index (κ1) is 14.7. The molecule has 0 spiro atoms. The Hall–Kier alpha value is -1.73. The minimum Gasteiger partial charge on any atom is -0.258 e. The van der Waals surface area contributed by atoms with Gasteiger partial charge in [0.05, 0.1) is 20.0 Å². The lowest BCUT2D eigenvalue weighted by atomic mass is 10.2. The van der Waals surface area contributed by atoms with E-state index in [1.165, 1.54) is 30.3 Å². The molecule has 0 bridgehead atoms. The standard InChI is InChI=1S/C13H10BrNO4S/c14-12-8-10(6-7-13(12)15(16)17)9-20(18,19)11-4-2-1-3-5-11/h1-8H,9H2. The molecule has 0 heterocycles. The lowest BCUT2D eigenvalue weighted by molar-refractivity contribution is -0.385. The van der Waals surface area contributed by atoms with Crippen LogP contribution in [0.1, 0.15) is 5.56 Å².